The van der Waals surface area contributed by atoms with E-state index < -0.39 is 12.1 Å². The zero-order valence-corrected chi connectivity index (χ0v) is 47.8. The van der Waals surface area contributed by atoms with Gasteiger partial charge < -0.3 is 20.3 Å². The van der Waals surface area contributed by atoms with Gasteiger partial charge in [-0.15, -0.1) is 0 Å². The van der Waals surface area contributed by atoms with Crippen LogP contribution >= 0.6 is 0 Å². The molecule has 0 heterocycles. The zero-order valence-electron chi connectivity index (χ0n) is 47.8. The summed E-state index contributed by atoms with van der Waals surface area (Å²) < 4.78 is 5.50. The number of unbranched alkanes of at least 4 members (excludes halogenated alkanes) is 50. The number of carbonyl (C=O) groups is 2. The lowest BCUT2D eigenvalue weighted by Crippen LogP contribution is -2.45. The monoisotopic (exact) mass is 990 g/mol. The molecular weight excluding hydrogens is 863 g/mol. The number of aliphatic hydroxyl groups excluding tert-OH is 2. The molecule has 0 aromatic heterocycles. The van der Waals surface area contributed by atoms with Crippen LogP contribution < -0.4 is 5.32 Å². The van der Waals surface area contributed by atoms with E-state index >= 15 is 0 Å². The molecule has 0 fully saturated rings. The molecule has 418 valence electrons. The summed E-state index contributed by atoms with van der Waals surface area (Å²) in [6, 6.07) is -0.538. The molecule has 0 aromatic carbocycles. The van der Waals surface area contributed by atoms with E-state index in [0.717, 1.165) is 38.5 Å². The third-order valence-corrected chi connectivity index (χ3v) is 15.4. The van der Waals surface area contributed by atoms with Crippen molar-refractivity contribution in [2.24, 2.45) is 0 Å². The maximum Gasteiger partial charge on any atom is 0.305 e. The molecule has 0 aromatic rings. The summed E-state index contributed by atoms with van der Waals surface area (Å²) in [6.07, 6.45) is 71.3. The van der Waals surface area contributed by atoms with Gasteiger partial charge in [-0.1, -0.05) is 335 Å². The lowest BCUT2D eigenvalue weighted by Gasteiger charge is -2.22. The highest BCUT2D eigenvalue weighted by atomic mass is 16.5. The van der Waals surface area contributed by atoms with E-state index in [1.807, 2.05) is 0 Å². The molecule has 2 unspecified atom stereocenters. The van der Waals surface area contributed by atoms with Crippen molar-refractivity contribution in [3.05, 3.63) is 0 Å². The minimum absolute atomic E-state index is 0.0208. The fourth-order valence-electron chi connectivity index (χ4n) is 10.5. The summed E-state index contributed by atoms with van der Waals surface area (Å²) in [5.74, 6) is -0.0105. The van der Waals surface area contributed by atoms with Crippen molar-refractivity contribution in [3.63, 3.8) is 0 Å². The Kier molecular flexibility index (Phi) is 59.4. The molecule has 6 heteroatoms. The molecule has 0 spiro atoms. The van der Waals surface area contributed by atoms with Gasteiger partial charge in [-0.25, -0.2) is 0 Å². The first-order valence-corrected chi connectivity index (χ1v) is 32.3. The normalized spacial score (nSPS) is 12.5. The van der Waals surface area contributed by atoms with Gasteiger partial charge in [0.15, 0.2) is 0 Å². The van der Waals surface area contributed by atoms with Gasteiger partial charge in [0.05, 0.1) is 25.4 Å². The van der Waals surface area contributed by atoms with Crippen LogP contribution in [0.25, 0.3) is 0 Å². The fraction of sp³-hybridized carbons (Fsp3) is 0.969. The van der Waals surface area contributed by atoms with E-state index in [1.165, 1.54) is 302 Å². The predicted molar refractivity (Wildman–Crippen MR) is 306 cm³/mol. The quantitative estimate of drug-likeness (QED) is 0.0417. The molecule has 0 aliphatic carbocycles. The van der Waals surface area contributed by atoms with Crippen LogP contribution in [0.1, 0.15) is 373 Å². The second-order valence-corrected chi connectivity index (χ2v) is 22.5. The highest BCUT2D eigenvalue weighted by molar-refractivity contribution is 5.76. The maximum atomic E-state index is 12.5. The van der Waals surface area contributed by atoms with Crippen molar-refractivity contribution in [1.82, 2.24) is 5.32 Å². The first-order chi connectivity index (χ1) is 34.5. The predicted octanol–water partition coefficient (Wildman–Crippen LogP) is 20.3. The van der Waals surface area contributed by atoms with E-state index in [1.54, 1.807) is 0 Å². The van der Waals surface area contributed by atoms with Gasteiger partial charge in [0.25, 0.3) is 0 Å². The summed E-state index contributed by atoms with van der Waals surface area (Å²) in [5.41, 5.74) is 0. The summed E-state index contributed by atoms with van der Waals surface area (Å²) in [7, 11) is 0. The van der Waals surface area contributed by atoms with Gasteiger partial charge in [-0.3, -0.25) is 9.59 Å². The molecule has 0 saturated heterocycles. The van der Waals surface area contributed by atoms with E-state index in [2.05, 4.69) is 19.2 Å². The van der Waals surface area contributed by atoms with Crippen LogP contribution in [-0.4, -0.2) is 47.4 Å². The number of rotatable bonds is 61. The van der Waals surface area contributed by atoms with Crippen LogP contribution in [0.2, 0.25) is 0 Å². The third-order valence-electron chi connectivity index (χ3n) is 15.4. The number of carbonyl (C=O) groups excluding carboxylic acids is 2. The number of hydrogen-bond acceptors (Lipinski definition) is 5. The molecular formula is C64H127NO5. The van der Waals surface area contributed by atoms with Crippen LogP contribution in [0.4, 0.5) is 0 Å². The van der Waals surface area contributed by atoms with Crippen molar-refractivity contribution >= 4 is 11.9 Å². The molecule has 0 aliphatic heterocycles. The number of amides is 1. The minimum Gasteiger partial charge on any atom is -0.466 e. The highest BCUT2D eigenvalue weighted by Crippen LogP contribution is 2.19. The standard InChI is InChI=1S/C64H127NO5/c1-3-5-7-9-11-13-15-17-18-31-34-38-42-46-50-54-58-64(69)70-59-55-51-47-43-39-35-32-29-27-25-23-21-19-20-22-24-26-28-30-33-37-41-45-49-53-57-63(68)65-61(60-66)62(67)56-52-48-44-40-36-16-14-12-10-8-6-4-2/h61-62,66-67H,3-60H2,1-2H3,(H,65,68). The molecule has 0 bridgehead atoms. The van der Waals surface area contributed by atoms with E-state index in [0.29, 0.717) is 25.9 Å². The van der Waals surface area contributed by atoms with Crippen molar-refractivity contribution in [2.75, 3.05) is 13.2 Å². The van der Waals surface area contributed by atoms with Crippen molar-refractivity contribution < 1.29 is 24.5 Å². The SMILES string of the molecule is CCCCCCCCCCCCCCCCCCC(=O)OCCCCCCCCCCCCCCCCCCCCCCCCCCCC(=O)NC(CO)C(O)CCCCCCCCCCCCCC. The second-order valence-electron chi connectivity index (χ2n) is 22.5. The van der Waals surface area contributed by atoms with Crippen LogP contribution in [0, 0.1) is 0 Å². The Hall–Kier alpha value is -1.14. The van der Waals surface area contributed by atoms with Gasteiger partial charge in [-0.2, -0.15) is 0 Å². The number of aliphatic hydroxyl groups is 2. The molecule has 2 atom stereocenters. The Bertz CT molecular complexity index is 1010. The number of nitrogens with one attached hydrogen (secondary N) is 1. The van der Waals surface area contributed by atoms with Crippen molar-refractivity contribution in [2.45, 2.75) is 386 Å². The Balaban J connectivity index is 3.32. The van der Waals surface area contributed by atoms with E-state index in [4.69, 9.17) is 4.74 Å². The second kappa shape index (κ2) is 60.4. The lowest BCUT2D eigenvalue weighted by atomic mass is 10.0. The van der Waals surface area contributed by atoms with Gasteiger partial charge >= 0.3 is 5.97 Å². The van der Waals surface area contributed by atoms with Gasteiger partial charge in [0.1, 0.15) is 0 Å². The summed E-state index contributed by atoms with van der Waals surface area (Å²) in [6.45, 7) is 4.98. The van der Waals surface area contributed by atoms with Crippen molar-refractivity contribution in [3.8, 4) is 0 Å². The molecule has 0 saturated carbocycles. The van der Waals surface area contributed by atoms with Crippen LogP contribution in [0.5, 0.6) is 0 Å². The van der Waals surface area contributed by atoms with Crippen molar-refractivity contribution in [1.29, 1.82) is 0 Å². The lowest BCUT2D eigenvalue weighted by molar-refractivity contribution is -0.143. The molecule has 6 nitrogen and oxygen atoms in total. The van der Waals surface area contributed by atoms with E-state index in [9.17, 15) is 19.8 Å². The fourth-order valence-corrected chi connectivity index (χ4v) is 10.5. The molecule has 1 amide bonds. The van der Waals surface area contributed by atoms with Crippen LogP contribution in [0.3, 0.4) is 0 Å². The Labute approximate surface area is 438 Å². The van der Waals surface area contributed by atoms with Gasteiger partial charge in [-0.05, 0) is 25.7 Å². The number of esters is 1. The molecule has 0 rings (SSSR count). The molecule has 0 aliphatic rings. The number of hydrogen-bond donors (Lipinski definition) is 3. The third kappa shape index (κ3) is 56.2. The Morgan fingerprint density at radius 1 is 0.343 bits per heavy atom. The zero-order chi connectivity index (χ0) is 50.7. The molecule has 0 radical (unpaired) electrons. The van der Waals surface area contributed by atoms with E-state index in [-0.39, 0.29) is 18.5 Å². The number of ether oxygens (including phenoxy) is 1. The Morgan fingerprint density at radius 2 is 0.586 bits per heavy atom. The smallest absolute Gasteiger partial charge is 0.305 e. The largest absolute Gasteiger partial charge is 0.466 e. The summed E-state index contributed by atoms with van der Waals surface area (Å²) in [5, 5.41) is 23.2. The average Bonchev–Trinajstić information content (AvgIpc) is 3.36. The maximum absolute atomic E-state index is 12.5. The first kappa shape index (κ1) is 68.9. The minimum atomic E-state index is -0.660. The summed E-state index contributed by atoms with van der Waals surface area (Å²) >= 11 is 0. The van der Waals surface area contributed by atoms with Crippen LogP contribution in [-0.2, 0) is 14.3 Å². The highest BCUT2D eigenvalue weighted by Gasteiger charge is 2.20. The topological polar surface area (TPSA) is 95.9 Å². The van der Waals surface area contributed by atoms with Gasteiger partial charge in [0, 0.05) is 12.8 Å². The molecule has 3 N–H and O–H groups in total. The first-order valence-electron chi connectivity index (χ1n) is 32.3. The Morgan fingerprint density at radius 3 is 0.871 bits per heavy atom. The van der Waals surface area contributed by atoms with Gasteiger partial charge in [0.2, 0.25) is 5.91 Å². The molecule has 70 heavy (non-hydrogen) atoms. The van der Waals surface area contributed by atoms with Crippen LogP contribution in [0.15, 0.2) is 0 Å². The average molecular weight is 991 g/mol. The summed E-state index contributed by atoms with van der Waals surface area (Å²) in [4.78, 5) is 24.5.